The molecule has 1 heterocycles. The number of aromatic nitrogens is 1. The summed E-state index contributed by atoms with van der Waals surface area (Å²) in [5.74, 6) is -0.939. The minimum absolute atomic E-state index is 0.263. The molecule has 98 valence electrons. The van der Waals surface area contributed by atoms with Gasteiger partial charge in [0.05, 0.1) is 16.3 Å². The molecule has 0 aliphatic heterocycles. The van der Waals surface area contributed by atoms with Crippen molar-refractivity contribution in [2.24, 2.45) is 0 Å². The topological polar surface area (TPSA) is 50.2 Å². The van der Waals surface area contributed by atoms with E-state index in [0.717, 1.165) is 22.0 Å². The van der Waals surface area contributed by atoms with Gasteiger partial charge < -0.3 is 5.11 Å². The number of halogens is 1. The van der Waals surface area contributed by atoms with Gasteiger partial charge in [-0.25, -0.2) is 4.79 Å². The lowest BCUT2D eigenvalue weighted by atomic mass is 9.99. The molecule has 0 radical (unpaired) electrons. The van der Waals surface area contributed by atoms with Crippen LogP contribution in [-0.2, 0) is 0 Å². The third-order valence-corrected chi connectivity index (χ3v) is 3.36. The van der Waals surface area contributed by atoms with Gasteiger partial charge in [0, 0.05) is 11.8 Å². The zero-order chi connectivity index (χ0) is 14.1. The van der Waals surface area contributed by atoms with Crippen molar-refractivity contribution >= 4 is 28.3 Å². The van der Waals surface area contributed by atoms with Gasteiger partial charge in [-0.3, -0.25) is 4.98 Å². The van der Waals surface area contributed by atoms with Crippen LogP contribution in [-0.4, -0.2) is 16.1 Å². The second-order valence-corrected chi connectivity index (χ2v) is 4.84. The van der Waals surface area contributed by atoms with Crippen LogP contribution in [0.1, 0.15) is 10.4 Å². The molecule has 1 aromatic heterocycles. The summed E-state index contributed by atoms with van der Waals surface area (Å²) in [5.41, 5.74) is 1.92. The first kappa shape index (κ1) is 12.6. The number of nitrogens with zero attached hydrogens (tertiary/aromatic N) is 1. The monoisotopic (exact) mass is 283 g/mol. The molecule has 3 rings (SSSR count). The van der Waals surface area contributed by atoms with Crippen molar-refractivity contribution in [2.75, 3.05) is 0 Å². The highest BCUT2D eigenvalue weighted by Crippen LogP contribution is 2.28. The van der Waals surface area contributed by atoms with Crippen molar-refractivity contribution in [3.05, 3.63) is 65.3 Å². The normalized spacial score (nSPS) is 10.7. The third-order valence-electron chi connectivity index (χ3n) is 3.13. The average Bonchev–Trinajstić information content (AvgIpc) is 2.47. The molecular weight excluding hydrogens is 274 g/mol. The molecule has 0 atom stereocenters. The summed E-state index contributed by atoms with van der Waals surface area (Å²) in [7, 11) is 0. The Labute approximate surface area is 120 Å². The van der Waals surface area contributed by atoms with Crippen molar-refractivity contribution in [3.8, 4) is 11.3 Å². The summed E-state index contributed by atoms with van der Waals surface area (Å²) in [4.78, 5) is 15.4. The molecule has 0 fully saturated rings. The molecule has 2 aromatic carbocycles. The number of carbonyl (C=O) groups is 1. The summed E-state index contributed by atoms with van der Waals surface area (Å²) in [6, 6.07) is 14.5. The number of hydrogen-bond donors (Lipinski definition) is 1. The SMILES string of the molecule is O=C(O)c1ccc2cccc(-c3ccc(Cl)cn3)c2c1. The molecule has 1 N–H and O–H groups in total. The van der Waals surface area contributed by atoms with E-state index in [1.165, 1.54) is 0 Å². The van der Waals surface area contributed by atoms with Crippen LogP contribution >= 0.6 is 11.6 Å². The highest BCUT2D eigenvalue weighted by molar-refractivity contribution is 6.30. The lowest BCUT2D eigenvalue weighted by molar-refractivity contribution is 0.0697. The Morgan fingerprint density at radius 2 is 1.95 bits per heavy atom. The van der Waals surface area contributed by atoms with Crippen LogP contribution in [0, 0.1) is 0 Å². The van der Waals surface area contributed by atoms with E-state index < -0.39 is 5.97 Å². The molecule has 0 spiro atoms. The number of rotatable bonds is 2. The van der Waals surface area contributed by atoms with E-state index in [1.807, 2.05) is 24.3 Å². The van der Waals surface area contributed by atoms with E-state index in [4.69, 9.17) is 16.7 Å². The van der Waals surface area contributed by atoms with Crippen molar-refractivity contribution < 1.29 is 9.90 Å². The van der Waals surface area contributed by atoms with E-state index in [0.29, 0.717) is 5.02 Å². The zero-order valence-electron chi connectivity index (χ0n) is 10.4. The van der Waals surface area contributed by atoms with Crippen LogP contribution in [0.4, 0.5) is 0 Å². The average molecular weight is 284 g/mol. The highest BCUT2D eigenvalue weighted by atomic mass is 35.5. The van der Waals surface area contributed by atoms with Gasteiger partial charge in [-0.1, -0.05) is 35.9 Å². The quantitative estimate of drug-likeness (QED) is 0.765. The molecule has 0 saturated carbocycles. The second-order valence-electron chi connectivity index (χ2n) is 4.41. The van der Waals surface area contributed by atoms with Crippen molar-refractivity contribution in [2.45, 2.75) is 0 Å². The molecule has 0 aliphatic rings. The van der Waals surface area contributed by atoms with Crippen LogP contribution in [0.2, 0.25) is 5.02 Å². The highest BCUT2D eigenvalue weighted by Gasteiger charge is 2.08. The Morgan fingerprint density at radius 3 is 2.65 bits per heavy atom. The summed E-state index contributed by atoms with van der Waals surface area (Å²) < 4.78 is 0. The molecule has 3 nitrogen and oxygen atoms in total. The van der Waals surface area contributed by atoms with E-state index in [2.05, 4.69) is 4.98 Å². The van der Waals surface area contributed by atoms with Gasteiger partial charge in [0.1, 0.15) is 0 Å². The molecule has 20 heavy (non-hydrogen) atoms. The maximum absolute atomic E-state index is 11.1. The number of aromatic carboxylic acids is 1. The van der Waals surface area contributed by atoms with Crippen LogP contribution < -0.4 is 0 Å². The van der Waals surface area contributed by atoms with Gasteiger partial charge in [0.2, 0.25) is 0 Å². The van der Waals surface area contributed by atoms with Gasteiger partial charge in [0.15, 0.2) is 0 Å². The Hall–Kier alpha value is -2.39. The van der Waals surface area contributed by atoms with Crippen LogP contribution in [0.5, 0.6) is 0 Å². The first-order valence-electron chi connectivity index (χ1n) is 6.03. The molecule has 3 aromatic rings. The lowest BCUT2D eigenvalue weighted by Gasteiger charge is -2.07. The Balaban J connectivity index is 2.26. The first-order valence-corrected chi connectivity index (χ1v) is 6.41. The summed E-state index contributed by atoms with van der Waals surface area (Å²) in [5, 5.41) is 11.5. The van der Waals surface area contributed by atoms with Crippen LogP contribution in [0.15, 0.2) is 54.7 Å². The standard InChI is InChI=1S/C16H10ClNO2/c17-12-6-7-15(18-9-12)13-3-1-2-10-4-5-11(16(19)20)8-14(10)13/h1-9H,(H,19,20). The molecule has 0 amide bonds. The largest absolute Gasteiger partial charge is 0.478 e. The Morgan fingerprint density at radius 1 is 1.10 bits per heavy atom. The Kier molecular flexibility index (Phi) is 3.12. The van der Waals surface area contributed by atoms with Gasteiger partial charge in [-0.05, 0) is 35.0 Å². The maximum Gasteiger partial charge on any atom is 0.335 e. The van der Waals surface area contributed by atoms with Crippen LogP contribution in [0.3, 0.4) is 0 Å². The minimum Gasteiger partial charge on any atom is -0.478 e. The van der Waals surface area contributed by atoms with E-state index in [1.54, 1.807) is 30.5 Å². The zero-order valence-corrected chi connectivity index (χ0v) is 11.1. The predicted molar refractivity (Wildman–Crippen MR) is 79.1 cm³/mol. The molecule has 0 aliphatic carbocycles. The van der Waals surface area contributed by atoms with Crippen molar-refractivity contribution in [1.29, 1.82) is 0 Å². The fourth-order valence-corrected chi connectivity index (χ4v) is 2.28. The van der Waals surface area contributed by atoms with Crippen LogP contribution in [0.25, 0.3) is 22.0 Å². The summed E-state index contributed by atoms with van der Waals surface area (Å²) >= 11 is 5.84. The number of pyridine rings is 1. The third kappa shape index (κ3) is 2.24. The molecule has 0 unspecified atom stereocenters. The van der Waals surface area contributed by atoms with E-state index >= 15 is 0 Å². The number of carboxylic acid groups (broad SMARTS) is 1. The predicted octanol–water partition coefficient (Wildman–Crippen LogP) is 4.25. The molecular formula is C16H10ClNO2. The lowest BCUT2D eigenvalue weighted by Crippen LogP contribution is -1.96. The molecule has 4 heteroatoms. The van der Waals surface area contributed by atoms with Gasteiger partial charge in [-0.15, -0.1) is 0 Å². The first-order chi connectivity index (χ1) is 9.65. The molecule has 0 bridgehead atoms. The smallest absolute Gasteiger partial charge is 0.335 e. The second kappa shape index (κ2) is 4.94. The molecule has 0 saturated heterocycles. The number of hydrogen-bond acceptors (Lipinski definition) is 2. The van der Waals surface area contributed by atoms with Gasteiger partial charge in [-0.2, -0.15) is 0 Å². The minimum atomic E-state index is -0.939. The Bertz CT molecular complexity index is 797. The van der Waals surface area contributed by atoms with E-state index in [-0.39, 0.29) is 5.56 Å². The van der Waals surface area contributed by atoms with Crippen molar-refractivity contribution in [1.82, 2.24) is 4.98 Å². The number of benzene rings is 2. The number of carboxylic acids is 1. The van der Waals surface area contributed by atoms with Gasteiger partial charge in [0.25, 0.3) is 0 Å². The van der Waals surface area contributed by atoms with Crippen molar-refractivity contribution in [3.63, 3.8) is 0 Å². The number of fused-ring (bicyclic) bond motifs is 1. The maximum atomic E-state index is 11.1. The van der Waals surface area contributed by atoms with E-state index in [9.17, 15) is 4.79 Å². The fourth-order valence-electron chi connectivity index (χ4n) is 2.16. The summed E-state index contributed by atoms with van der Waals surface area (Å²) in [6.45, 7) is 0. The fraction of sp³-hybridized carbons (Fsp3) is 0. The summed E-state index contributed by atoms with van der Waals surface area (Å²) in [6.07, 6.45) is 1.58. The van der Waals surface area contributed by atoms with Gasteiger partial charge >= 0.3 is 5.97 Å².